The minimum absolute atomic E-state index is 0.00299. The van der Waals surface area contributed by atoms with Gasteiger partial charge in [-0.3, -0.25) is 4.79 Å². The molecule has 184 valence electrons. The molecular weight excluding hydrogens is 434 g/mol. The minimum Gasteiger partial charge on any atom is -0.459 e. The van der Waals surface area contributed by atoms with Crippen LogP contribution in [-0.2, 0) is 25.7 Å². The summed E-state index contributed by atoms with van der Waals surface area (Å²) in [5.41, 5.74) is 1.57. The summed E-state index contributed by atoms with van der Waals surface area (Å²) in [5, 5.41) is 8.67. The van der Waals surface area contributed by atoms with Gasteiger partial charge in [0.2, 0.25) is 5.91 Å². The number of benzene rings is 2. The molecule has 1 atom stereocenters. The summed E-state index contributed by atoms with van der Waals surface area (Å²) < 4.78 is 10.7. The van der Waals surface area contributed by atoms with Crippen LogP contribution in [0.25, 0.3) is 0 Å². The van der Waals surface area contributed by atoms with Crippen molar-refractivity contribution in [3.8, 4) is 0 Å². The average molecular weight is 470 g/mol. The molecular formula is C26H35N3O5. The quantitative estimate of drug-likeness (QED) is 0.406. The summed E-state index contributed by atoms with van der Waals surface area (Å²) in [7, 11) is 0. The second-order valence-electron chi connectivity index (χ2n) is 8.85. The smallest absolute Gasteiger partial charge is 0.408 e. The van der Waals surface area contributed by atoms with Crippen LogP contribution in [0.15, 0.2) is 54.6 Å². The van der Waals surface area contributed by atoms with E-state index in [4.69, 9.17) is 9.47 Å². The minimum atomic E-state index is -1.03. The Labute approximate surface area is 201 Å². The lowest BCUT2D eigenvalue weighted by molar-refractivity contribution is -0.147. The number of amides is 2. The predicted octanol–water partition coefficient (Wildman–Crippen LogP) is 4.86. The summed E-state index contributed by atoms with van der Waals surface area (Å²) in [4.78, 5) is 37.6. The molecule has 0 aliphatic rings. The van der Waals surface area contributed by atoms with Crippen molar-refractivity contribution >= 4 is 29.3 Å². The first kappa shape index (κ1) is 26.7. The van der Waals surface area contributed by atoms with Crippen molar-refractivity contribution in [3.05, 3.63) is 60.2 Å². The number of ether oxygens (including phenoxy) is 2. The molecule has 0 radical (unpaired) electrons. The number of carbonyl (C=O) groups excluding carboxylic acids is 3. The number of carbonyl (C=O) groups is 3. The fourth-order valence-corrected chi connectivity index (χ4v) is 3.02. The maximum Gasteiger partial charge on any atom is 0.408 e. The highest BCUT2D eigenvalue weighted by molar-refractivity contribution is 5.94. The third-order valence-electron chi connectivity index (χ3n) is 4.63. The van der Waals surface area contributed by atoms with Gasteiger partial charge in [-0.05, 0) is 51.3 Å². The summed E-state index contributed by atoms with van der Waals surface area (Å²) in [6.07, 6.45) is 0.265. The predicted molar refractivity (Wildman–Crippen MR) is 132 cm³/mol. The SMILES string of the molecule is CCCNc1ccccc1NC(=O)CC[C@H](NC(=O)OC(C)(C)C)C(=O)OCc1ccccc1. The highest BCUT2D eigenvalue weighted by Gasteiger charge is 2.26. The molecule has 0 spiro atoms. The Morgan fingerprint density at radius 1 is 0.941 bits per heavy atom. The lowest BCUT2D eigenvalue weighted by Crippen LogP contribution is -2.44. The van der Waals surface area contributed by atoms with E-state index in [1.54, 1.807) is 26.8 Å². The van der Waals surface area contributed by atoms with Crippen LogP contribution in [0.1, 0.15) is 52.5 Å². The Bertz CT molecular complexity index is 941. The van der Waals surface area contributed by atoms with Gasteiger partial charge in [0.15, 0.2) is 0 Å². The number of anilines is 2. The van der Waals surface area contributed by atoms with Gasteiger partial charge < -0.3 is 25.4 Å². The van der Waals surface area contributed by atoms with Gasteiger partial charge in [0.25, 0.3) is 0 Å². The molecule has 2 amide bonds. The van der Waals surface area contributed by atoms with E-state index in [2.05, 4.69) is 22.9 Å². The molecule has 2 aromatic carbocycles. The Morgan fingerprint density at radius 3 is 2.24 bits per heavy atom. The Hall–Kier alpha value is -3.55. The average Bonchev–Trinajstić information content (AvgIpc) is 2.79. The molecule has 0 saturated carbocycles. The molecule has 0 saturated heterocycles. The summed E-state index contributed by atoms with van der Waals surface area (Å²) in [5.74, 6) is -0.912. The molecule has 0 bridgehead atoms. The first-order valence-electron chi connectivity index (χ1n) is 11.5. The van der Waals surface area contributed by atoms with Gasteiger partial charge in [0.05, 0.1) is 11.4 Å². The van der Waals surface area contributed by atoms with E-state index in [1.165, 1.54) is 0 Å². The van der Waals surface area contributed by atoms with Gasteiger partial charge in [0.1, 0.15) is 18.2 Å². The number of alkyl carbamates (subject to hydrolysis) is 1. The number of hydrogen-bond donors (Lipinski definition) is 3. The number of para-hydroxylation sites is 2. The van der Waals surface area contributed by atoms with Crippen molar-refractivity contribution in [3.63, 3.8) is 0 Å². The normalized spacial score (nSPS) is 11.8. The first-order valence-corrected chi connectivity index (χ1v) is 11.5. The van der Waals surface area contributed by atoms with Gasteiger partial charge >= 0.3 is 12.1 Å². The standard InChI is InChI=1S/C26H35N3O5/c1-5-17-27-20-13-9-10-14-21(20)28-23(30)16-15-22(29-25(32)34-26(2,3)4)24(31)33-18-19-11-7-6-8-12-19/h6-14,22,27H,5,15-18H2,1-4H3,(H,28,30)(H,29,32)/t22-/m0/s1. The van der Waals surface area contributed by atoms with Gasteiger partial charge in [-0.2, -0.15) is 0 Å². The molecule has 0 aliphatic heterocycles. The second-order valence-corrected chi connectivity index (χ2v) is 8.85. The molecule has 8 nitrogen and oxygen atoms in total. The van der Waals surface area contributed by atoms with Crippen LogP contribution >= 0.6 is 0 Å². The third kappa shape index (κ3) is 9.94. The highest BCUT2D eigenvalue weighted by atomic mass is 16.6. The highest BCUT2D eigenvalue weighted by Crippen LogP contribution is 2.21. The van der Waals surface area contributed by atoms with Crippen LogP contribution in [0.2, 0.25) is 0 Å². The molecule has 2 rings (SSSR count). The lowest BCUT2D eigenvalue weighted by Gasteiger charge is -2.23. The largest absolute Gasteiger partial charge is 0.459 e. The third-order valence-corrected chi connectivity index (χ3v) is 4.63. The van der Waals surface area contributed by atoms with Crippen molar-refractivity contribution in [2.45, 2.75) is 65.2 Å². The van der Waals surface area contributed by atoms with Gasteiger partial charge in [-0.1, -0.05) is 49.4 Å². The van der Waals surface area contributed by atoms with Crippen LogP contribution in [0.5, 0.6) is 0 Å². The molecule has 8 heteroatoms. The van der Waals surface area contributed by atoms with E-state index in [0.717, 1.165) is 24.2 Å². The topological polar surface area (TPSA) is 106 Å². The van der Waals surface area contributed by atoms with Crippen molar-refractivity contribution in [2.24, 2.45) is 0 Å². The zero-order valence-corrected chi connectivity index (χ0v) is 20.4. The number of hydrogen-bond acceptors (Lipinski definition) is 6. The Morgan fingerprint density at radius 2 is 1.59 bits per heavy atom. The van der Waals surface area contributed by atoms with Crippen LogP contribution < -0.4 is 16.0 Å². The molecule has 3 N–H and O–H groups in total. The Kier molecular flexibility index (Phi) is 10.4. The fraction of sp³-hybridized carbons (Fsp3) is 0.423. The Balaban J connectivity index is 2.00. The van der Waals surface area contributed by atoms with E-state index >= 15 is 0 Å². The van der Waals surface area contributed by atoms with E-state index in [9.17, 15) is 14.4 Å². The molecule has 0 aliphatic carbocycles. The van der Waals surface area contributed by atoms with Crippen LogP contribution in [0.4, 0.5) is 16.2 Å². The van der Waals surface area contributed by atoms with Crippen LogP contribution in [-0.4, -0.2) is 36.2 Å². The maximum atomic E-state index is 12.7. The van der Waals surface area contributed by atoms with Crippen molar-refractivity contribution in [1.29, 1.82) is 0 Å². The van der Waals surface area contributed by atoms with Crippen LogP contribution in [0, 0.1) is 0 Å². The van der Waals surface area contributed by atoms with Crippen molar-refractivity contribution in [1.82, 2.24) is 5.32 Å². The van der Waals surface area contributed by atoms with Crippen molar-refractivity contribution < 1.29 is 23.9 Å². The number of rotatable bonds is 11. The van der Waals surface area contributed by atoms with Gasteiger partial charge in [0, 0.05) is 13.0 Å². The van der Waals surface area contributed by atoms with Gasteiger partial charge in [-0.15, -0.1) is 0 Å². The molecule has 0 unspecified atom stereocenters. The van der Waals surface area contributed by atoms with E-state index < -0.39 is 23.7 Å². The zero-order chi connectivity index (χ0) is 25.0. The van der Waals surface area contributed by atoms with E-state index in [0.29, 0.717) is 5.69 Å². The van der Waals surface area contributed by atoms with Gasteiger partial charge in [-0.25, -0.2) is 9.59 Å². The first-order chi connectivity index (χ1) is 16.2. The second kappa shape index (κ2) is 13.2. The molecule has 0 aromatic heterocycles. The molecule has 34 heavy (non-hydrogen) atoms. The maximum absolute atomic E-state index is 12.7. The summed E-state index contributed by atoms with van der Waals surface area (Å²) in [6, 6.07) is 15.6. The molecule has 0 fully saturated rings. The lowest BCUT2D eigenvalue weighted by atomic mass is 10.1. The zero-order valence-electron chi connectivity index (χ0n) is 20.4. The fourth-order valence-electron chi connectivity index (χ4n) is 3.02. The van der Waals surface area contributed by atoms with E-state index in [1.807, 2.05) is 48.5 Å². The van der Waals surface area contributed by atoms with Crippen molar-refractivity contribution in [2.75, 3.05) is 17.2 Å². The summed E-state index contributed by atoms with van der Waals surface area (Å²) in [6.45, 7) is 8.09. The summed E-state index contributed by atoms with van der Waals surface area (Å²) >= 11 is 0. The number of nitrogens with one attached hydrogen (secondary N) is 3. The molecule has 2 aromatic rings. The van der Waals surface area contributed by atoms with E-state index in [-0.39, 0.29) is 25.4 Å². The van der Waals surface area contributed by atoms with Crippen LogP contribution in [0.3, 0.4) is 0 Å². The number of esters is 1. The monoisotopic (exact) mass is 469 g/mol. The molecule has 0 heterocycles.